The van der Waals surface area contributed by atoms with Crippen LogP contribution < -0.4 is 5.32 Å². The third-order valence-corrected chi connectivity index (χ3v) is 2.90. The van der Waals surface area contributed by atoms with E-state index in [9.17, 15) is 13.6 Å². The molecule has 0 aliphatic heterocycles. The number of carbonyl (C=O) groups excluding carboxylic acids is 1. The maximum Gasteiger partial charge on any atom is 0.261 e. The first-order valence-electron chi connectivity index (χ1n) is 6.08. The first-order chi connectivity index (χ1) is 10.0. The lowest BCUT2D eigenvalue weighted by molar-refractivity contribution is 0.101. The van der Waals surface area contributed by atoms with Gasteiger partial charge >= 0.3 is 0 Å². The van der Waals surface area contributed by atoms with E-state index >= 15 is 0 Å². The van der Waals surface area contributed by atoms with Gasteiger partial charge in [-0.2, -0.15) is 0 Å². The molecule has 0 aliphatic rings. The van der Waals surface area contributed by atoms with E-state index < -0.39 is 23.1 Å². The number of benzene rings is 2. The number of rotatable bonds is 3. The molecule has 21 heavy (non-hydrogen) atoms. The molecule has 0 spiro atoms. The summed E-state index contributed by atoms with van der Waals surface area (Å²) < 4.78 is 27.1. The number of oxime groups is 1. The van der Waals surface area contributed by atoms with Gasteiger partial charge in [-0.05, 0) is 25.1 Å². The fraction of sp³-hybridized carbons (Fsp3) is 0.0667. The van der Waals surface area contributed by atoms with E-state index in [1.165, 1.54) is 13.0 Å². The smallest absolute Gasteiger partial charge is 0.261 e. The molecule has 0 saturated heterocycles. The molecule has 2 rings (SSSR count). The second kappa shape index (κ2) is 6.13. The number of anilines is 1. The first-order valence-corrected chi connectivity index (χ1v) is 6.08. The van der Waals surface area contributed by atoms with Crippen molar-refractivity contribution in [2.75, 3.05) is 5.32 Å². The van der Waals surface area contributed by atoms with Gasteiger partial charge in [0.05, 0.1) is 11.4 Å². The Morgan fingerprint density at radius 3 is 2.33 bits per heavy atom. The van der Waals surface area contributed by atoms with Crippen LogP contribution in [0, 0.1) is 11.6 Å². The molecule has 6 heteroatoms. The monoisotopic (exact) mass is 290 g/mol. The van der Waals surface area contributed by atoms with Crippen LogP contribution >= 0.6 is 0 Å². The van der Waals surface area contributed by atoms with Crippen molar-refractivity contribution < 1.29 is 18.8 Å². The molecule has 2 aromatic rings. The molecule has 0 aromatic heterocycles. The molecule has 0 atom stereocenters. The van der Waals surface area contributed by atoms with E-state index in [0.29, 0.717) is 11.3 Å². The van der Waals surface area contributed by atoms with Crippen LogP contribution in [0.5, 0.6) is 0 Å². The average molecular weight is 290 g/mol. The molecule has 0 fully saturated rings. The summed E-state index contributed by atoms with van der Waals surface area (Å²) in [5.74, 6) is -2.81. The van der Waals surface area contributed by atoms with Crippen molar-refractivity contribution in [2.24, 2.45) is 5.16 Å². The maximum absolute atomic E-state index is 13.6. The quantitative estimate of drug-likeness (QED) is 0.517. The average Bonchev–Trinajstić information content (AvgIpc) is 2.47. The van der Waals surface area contributed by atoms with Crippen LogP contribution in [0.1, 0.15) is 22.8 Å². The maximum atomic E-state index is 13.6. The normalized spacial score (nSPS) is 11.3. The highest BCUT2D eigenvalue weighted by molar-refractivity contribution is 6.10. The van der Waals surface area contributed by atoms with Crippen molar-refractivity contribution in [3.05, 3.63) is 65.2 Å². The highest BCUT2D eigenvalue weighted by Crippen LogP contribution is 2.19. The summed E-state index contributed by atoms with van der Waals surface area (Å²) in [6.45, 7) is 1.54. The van der Waals surface area contributed by atoms with Gasteiger partial charge in [-0.1, -0.05) is 29.4 Å². The minimum Gasteiger partial charge on any atom is -0.411 e. The Bertz CT molecular complexity index is 694. The van der Waals surface area contributed by atoms with E-state index in [2.05, 4.69) is 10.5 Å². The molecule has 0 heterocycles. The molecule has 4 nitrogen and oxygen atoms in total. The van der Waals surface area contributed by atoms with Gasteiger partial charge in [-0.15, -0.1) is 0 Å². The molecular weight excluding hydrogens is 278 g/mol. The third-order valence-electron chi connectivity index (χ3n) is 2.90. The zero-order valence-corrected chi connectivity index (χ0v) is 11.1. The van der Waals surface area contributed by atoms with E-state index in [1.54, 1.807) is 24.3 Å². The standard InChI is InChI=1S/C15H12F2N2O2/c1-9(19-21)10-5-2-3-8-13(10)18-15(20)14-11(16)6-4-7-12(14)17/h2-8,21H,1H3,(H,18,20)/b19-9+. The van der Waals surface area contributed by atoms with Crippen molar-refractivity contribution in [3.63, 3.8) is 0 Å². The molecule has 2 aromatic carbocycles. The predicted molar refractivity (Wildman–Crippen MR) is 74.8 cm³/mol. The molecular formula is C15H12F2N2O2. The topological polar surface area (TPSA) is 61.7 Å². The summed E-state index contributed by atoms with van der Waals surface area (Å²) in [5.41, 5.74) is 0.344. The Balaban J connectivity index is 2.37. The highest BCUT2D eigenvalue weighted by atomic mass is 19.1. The Kier molecular flexibility index (Phi) is 4.27. The van der Waals surface area contributed by atoms with Crippen LogP contribution in [-0.4, -0.2) is 16.8 Å². The number of hydrogen-bond donors (Lipinski definition) is 2. The lowest BCUT2D eigenvalue weighted by atomic mass is 10.1. The van der Waals surface area contributed by atoms with Crippen LogP contribution in [0.15, 0.2) is 47.6 Å². The number of halogens is 2. The molecule has 1 amide bonds. The summed E-state index contributed by atoms with van der Waals surface area (Å²) in [5, 5.41) is 14.3. The van der Waals surface area contributed by atoms with Crippen molar-refractivity contribution in [2.45, 2.75) is 6.92 Å². The lowest BCUT2D eigenvalue weighted by Crippen LogP contribution is -2.17. The number of nitrogens with one attached hydrogen (secondary N) is 1. The van der Waals surface area contributed by atoms with Crippen LogP contribution in [0.3, 0.4) is 0 Å². The van der Waals surface area contributed by atoms with Crippen LogP contribution in [-0.2, 0) is 0 Å². The number of amides is 1. The van der Waals surface area contributed by atoms with Gasteiger partial charge in [0.15, 0.2) is 0 Å². The minimum absolute atomic E-state index is 0.264. The van der Waals surface area contributed by atoms with Gasteiger partial charge in [0.1, 0.15) is 17.2 Å². The number of nitrogens with zero attached hydrogens (tertiary/aromatic N) is 1. The van der Waals surface area contributed by atoms with Gasteiger partial charge in [-0.25, -0.2) is 8.78 Å². The Labute approximate surface area is 119 Å². The lowest BCUT2D eigenvalue weighted by Gasteiger charge is -2.11. The van der Waals surface area contributed by atoms with E-state index in [4.69, 9.17) is 5.21 Å². The summed E-state index contributed by atoms with van der Waals surface area (Å²) in [7, 11) is 0. The number of carbonyl (C=O) groups is 1. The van der Waals surface area contributed by atoms with Crippen LogP contribution in [0.2, 0.25) is 0 Å². The molecule has 0 radical (unpaired) electrons. The highest BCUT2D eigenvalue weighted by Gasteiger charge is 2.18. The van der Waals surface area contributed by atoms with E-state index in [-0.39, 0.29) is 5.71 Å². The Hall–Kier alpha value is -2.76. The van der Waals surface area contributed by atoms with Crippen molar-refractivity contribution in [3.8, 4) is 0 Å². The molecule has 0 aliphatic carbocycles. The van der Waals surface area contributed by atoms with Gasteiger partial charge in [-0.3, -0.25) is 4.79 Å². The number of para-hydroxylation sites is 1. The zero-order chi connectivity index (χ0) is 15.4. The summed E-state index contributed by atoms with van der Waals surface area (Å²) in [4.78, 5) is 12.0. The van der Waals surface area contributed by atoms with Crippen LogP contribution in [0.25, 0.3) is 0 Å². The second-order valence-corrected chi connectivity index (χ2v) is 4.28. The van der Waals surface area contributed by atoms with Crippen molar-refractivity contribution >= 4 is 17.3 Å². The fourth-order valence-electron chi connectivity index (χ4n) is 1.86. The van der Waals surface area contributed by atoms with Gasteiger partial charge in [0.2, 0.25) is 0 Å². The summed E-state index contributed by atoms with van der Waals surface area (Å²) in [6.07, 6.45) is 0. The first kappa shape index (κ1) is 14.6. The Morgan fingerprint density at radius 2 is 1.71 bits per heavy atom. The molecule has 0 saturated carbocycles. The van der Waals surface area contributed by atoms with Gasteiger partial charge < -0.3 is 10.5 Å². The third kappa shape index (κ3) is 3.05. The molecule has 2 N–H and O–H groups in total. The van der Waals surface area contributed by atoms with Crippen molar-refractivity contribution in [1.82, 2.24) is 0 Å². The van der Waals surface area contributed by atoms with Gasteiger partial charge in [0.25, 0.3) is 5.91 Å². The zero-order valence-electron chi connectivity index (χ0n) is 11.1. The second-order valence-electron chi connectivity index (χ2n) is 4.28. The van der Waals surface area contributed by atoms with E-state index in [0.717, 1.165) is 12.1 Å². The molecule has 0 bridgehead atoms. The number of hydrogen-bond acceptors (Lipinski definition) is 3. The van der Waals surface area contributed by atoms with Crippen molar-refractivity contribution in [1.29, 1.82) is 0 Å². The Morgan fingerprint density at radius 1 is 1.10 bits per heavy atom. The summed E-state index contributed by atoms with van der Waals surface area (Å²) in [6, 6.07) is 9.67. The largest absolute Gasteiger partial charge is 0.411 e. The van der Waals surface area contributed by atoms with Gasteiger partial charge in [0, 0.05) is 5.56 Å². The fourth-order valence-corrected chi connectivity index (χ4v) is 1.86. The SMILES string of the molecule is C/C(=N\O)c1ccccc1NC(=O)c1c(F)cccc1F. The predicted octanol–water partition coefficient (Wildman–Crippen LogP) is 3.42. The molecule has 108 valence electrons. The summed E-state index contributed by atoms with van der Waals surface area (Å²) >= 11 is 0. The van der Waals surface area contributed by atoms with E-state index in [1.807, 2.05) is 0 Å². The minimum atomic E-state index is -0.947. The van der Waals surface area contributed by atoms with Crippen LogP contribution in [0.4, 0.5) is 14.5 Å². The molecule has 0 unspecified atom stereocenters.